The number of carbonyl (C=O) groups excluding carboxylic acids is 1. The Hall–Kier alpha value is -1.17. The number of nitrogens with one attached hydrogen (secondary N) is 1. The number of fused-ring (bicyclic) bond motifs is 1. The summed E-state index contributed by atoms with van der Waals surface area (Å²) in [5, 5.41) is 3.40. The summed E-state index contributed by atoms with van der Waals surface area (Å²) in [6.07, 6.45) is 1.59. The van der Waals surface area contributed by atoms with Crippen LogP contribution >= 0.6 is 23.7 Å². The second-order valence-corrected chi connectivity index (χ2v) is 5.41. The first-order valence-electron chi connectivity index (χ1n) is 6.03. The maximum atomic E-state index is 11.8. The van der Waals surface area contributed by atoms with Gasteiger partial charge < -0.3 is 11.1 Å². The van der Waals surface area contributed by atoms with Crippen LogP contribution in [-0.2, 0) is 4.79 Å². The highest BCUT2D eigenvalue weighted by atomic mass is 35.5. The highest BCUT2D eigenvalue weighted by Gasteiger charge is 2.14. The Bertz CT molecular complexity index is 570. The molecule has 1 heterocycles. The highest BCUT2D eigenvalue weighted by molar-refractivity contribution is 7.22. The molecule has 2 aromatic rings. The van der Waals surface area contributed by atoms with Crippen molar-refractivity contribution in [2.45, 2.75) is 32.7 Å². The molecule has 4 nitrogen and oxygen atoms in total. The summed E-state index contributed by atoms with van der Waals surface area (Å²) in [6.45, 7) is 4.04. The van der Waals surface area contributed by atoms with Crippen molar-refractivity contribution in [1.29, 1.82) is 0 Å². The first-order valence-corrected chi connectivity index (χ1v) is 6.85. The molecule has 0 aliphatic rings. The van der Waals surface area contributed by atoms with Gasteiger partial charge in [-0.2, -0.15) is 0 Å². The molecule has 104 valence electrons. The summed E-state index contributed by atoms with van der Waals surface area (Å²) < 4.78 is 1.08. The molecule has 2 rings (SSSR count). The van der Waals surface area contributed by atoms with Gasteiger partial charge in [-0.3, -0.25) is 4.79 Å². The van der Waals surface area contributed by atoms with Crippen molar-refractivity contribution in [2.24, 2.45) is 5.73 Å². The van der Waals surface area contributed by atoms with Crippen molar-refractivity contribution in [3.8, 4) is 0 Å². The number of hydrogen-bond acceptors (Lipinski definition) is 4. The molecular weight excluding hydrogens is 282 g/mol. The molecule has 1 unspecified atom stereocenters. The summed E-state index contributed by atoms with van der Waals surface area (Å²) in [7, 11) is 0. The van der Waals surface area contributed by atoms with Crippen LogP contribution in [0.1, 0.15) is 25.3 Å². The fourth-order valence-corrected chi connectivity index (χ4v) is 2.69. The molecule has 0 aliphatic heterocycles. The van der Waals surface area contributed by atoms with Gasteiger partial charge in [0, 0.05) is 0 Å². The van der Waals surface area contributed by atoms with E-state index in [0.717, 1.165) is 16.6 Å². The SMILES string of the molecule is CCCC(N)C(=O)Nc1nc2ccc(C)cc2s1.Cl. The predicted molar refractivity (Wildman–Crippen MR) is 83.1 cm³/mol. The standard InChI is InChI=1S/C13H17N3OS.ClH/c1-3-4-9(14)12(17)16-13-15-10-6-5-8(2)7-11(10)18-13;/h5-7,9H,3-4,14H2,1-2H3,(H,15,16,17);1H. The summed E-state index contributed by atoms with van der Waals surface area (Å²) in [5.41, 5.74) is 7.85. The number of halogens is 1. The number of benzene rings is 1. The topological polar surface area (TPSA) is 68.0 Å². The van der Waals surface area contributed by atoms with Gasteiger partial charge in [0.1, 0.15) is 0 Å². The first-order chi connectivity index (χ1) is 8.60. The van der Waals surface area contributed by atoms with Crippen LogP contribution in [0.15, 0.2) is 18.2 Å². The molecule has 0 fully saturated rings. The van der Waals surface area contributed by atoms with E-state index in [9.17, 15) is 4.79 Å². The van der Waals surface area contributed by atoms with E-state index < -0.39 is 6.04 Å². The van der Waals surface area contributed by atoms with Gasteiger partial charge in [0.05, 0.1) is 16.3 Å². The molecule has 0 saturated heterocycles. The number of thiazole rings is 1. The van der Waals surface area contributed by atoms with Crippen molar-refractivity contribution in [3.05, 3.63) is 23.8 Å². The van der Waals surface area contributed by atoms with Crippen molar-refractivity contribution >= 4 is 45.0 Å². The lowest BCUT2D eigenvalue weighted by molar-refractivity contribution is -0.117. The minimum atomic E-state index is -0.455. The number of hydrogen-bond donors (Lipinski definition) is 2. The van der Waals surface area contributed by atoms with Gasteiger partial charge in [0.25, 0.3) is 0 Å². The van der Waals surface area contributed by atoms with Crippen LogP contribution < -0.4 is 11.1 Å². The quantitative estimate of drug-likeness (QED) is 0.911. The molecule has 3 N–H and O–H groups in total. The second-order valence-electron chi connectivity index (χ2n) is 4.37. The van der Waals surface area contributed by atoms with E-state index in [1.165, 1.54) is 16.9 Å². The maximum Gasteiger partial charge on any atom is 0.243 e. The number of amides is 1. The largest absolute Gasteiger partial charge is 0.320 e. The summed E-state index contributed by atoms with van der Waals surface area (Å²) >= 11 is 1.48. The maximum absolute atomic E-state index is 11.8. The van der Waals surface area contributed by atoms with Crippen LogP contribution in [0.2, 0.25) is 0 Å². The zero-order valence-electron chi connectivity index (χ0n) is 11.0. The normalized spacial score (nSPS) is 11.9. The van der Waals surface area contributed by atoms with Gasteiger partial charge in [-0.05, 0) is 31.0 Å². The van der Waals surface area contributed by atoms with E-state index in [1.807, 2.05) is 26.0 Å². The Morgan fingerprint density at radius 1 is 1.53 bits per heavy atom. The molecule has 0 spiro atoms. The fourth-order valence-electron chi connectivity index (χ4n) is 1.73. The molecule has 1 amide bonds. The van der Waals surface area contributed by atoms with Gasteiger partial charge in [0.15, 0.2) is 5.13 Å². The number of rotatable bonds is 4. The molecule has 1 aromatic heterocycles. The molecule has 6 heteroatoms. The monoisotopic (exact) mass is 299 g/mol. The van der Waals surface area contributed by atoms with E-state index in [-0.39, 0.29) is 18.3 Å². The Morgan fingerprint density at radius 3 is 2.95 bits per heavy atom. The zero-order valence-corrected chi connectivity index (χ0v) is 12.6. The van der Waals surface area contributed by atoms with Gasteiger partial charge in [0.2, 0.25) is 5.91 Å². The van der Waals surface area contributed by atoms with Crippen LogP contribution in [0.4, 0.5) is 5.13 Å². The van der Waals surface area contributed by atoms with Crippen LogP contribution in [0, 0.1) is 6.92 Å². The Balaban J connectivity index is 0.00000180. The van der Waals surface area contributed by atoms with Crippen molar-refractivity contribution < 1.29 is 4.79 Å². The average molecular weight is 300 g/mol. The minimum absolute atomic E-state index is 0. The zero-order chi connectivity index (χ0) is 13.1. The molecule has 0 bridgehead atoms. The van der Waals surface area contributed by atoms with E-state index in [1.54, 1.807) is 0 Å². The Kier molecular flexibility index (Phi) is 5.72. The van der Waals surface area contributed by atoms with Crippen LogP contribution in [-0.4, -0.2) is 16.9 Å². The van der Waals surface area contributed by atoms with Gasteiger partial charge in [-0.1, -0.05) is 30.7 Å². The Labute approximate surface area is 122 Å². The van der Waals surface area contributed by atoms with Gasteiger partial charge >= 0.3 is 0 Å². The molecule has 0 saturated carbocycles. The highest BCUT2D eigenvalue weighted by Crippen LogP contribution is 2.26. The third kappa shape index (κ3) is 3.89. The third-order valence-corrected chi connectivity index (χ3v) is 3.64. The van der Waals surface area contributed by atoms with Crippen LogP contribution in [0.3, 0.4) is 0 Å². The van der Waals surface area contributed by atoms with E-state index in [4.69, 9.17) is 5.73 Å². The number of nitrogens with two attached hydrogens (primary N) is 1. The number of aromatic nitrogens is 1. The predicted octanol–water partition coefficient (Wildman–Crippen LogP) is 3.09. The Morgan fingerprint density at radius 2 is 2.26 bits per heavy atom. The summed E-state index contributed by atoms with van der Waals surface area (Å²) in [5.74, 6) is -0.160. The number of carbonyl (C=O) groups is 1. The minimum Gasteiger partial charge on any atom is -0.320 e. The van der Waals surface area contributed by atoms with E-state index in [0.29, 0.717) is 11.6 Å². The molecule has 0 radical (unpaired) electrons. The lowest BCUT2D eigenvalue weighted by Gasteiger charge is -2.08. The number of aryl methyl sites for hydroxylation is 1. The van der Waals surface area contributed by atoms with Gasteiger partial charge in [-0.25, -0.2) is 4.98 Å². The van der Waals surface area contributed by atoms with E-state index >= 15 is 0 Å². The summed E-state index contributed by atoms with van der Waals surface area (Å²) in [6, 6.07) is 5.58. The van der Waals surface area contributed by atoms with Crippen molar-refractivity contribution in [2.75, 3.05) is 5.32 Å². The summed E-state index contributed by atoms with van der Waals surface area (Å²) in [4.78, 5) is 16.1. The molecular formula is C13H18ClN3OS. The lowest BCUT2D eigenvalue weighted by atomic mass is 10.2. The van der Waals surface area contributed by atoms with Crippen LogP contribution in [0.25, 0.3) is 10.2 Å². The van der Waals surface area contributed by atoms with Gasteiger partial charge in [-0.15, -0.1) is 12.4 Å². The lowest BCUT2D eigenvalue weighted by Crippen LogP contribution is -2.35. The molecule has 19 heavy (non-hydrogen) atoms. The van der Waals surface area contributed by atoms with Crippen molar-refractivity contribution in [1.82, 2.24) is 4.98 Å². The number of nitrogens with zero attached hydrogens (tertiary/aromatic N) is 1. The molecule has 1 aromatic carbocycles. The van der Waals surface area contributed by atoms with Crippen LogP contribution in [0.5, 0.6) is 0 Å². The first kappa shape index (κ1) is 15.9. The molecule has 1 atom stereocenters. The fraction of sp³-hybridized carbons (Fsp3) is 0.385. The number of anilines is 1. The van der Waals surface area contributed by atoms with Crippen molar-refractivity contribution in [3.63, 3.8) is 0 Å². The smallest absolute Gasteiger partial charge is 0.243 e. The molecule has 0 aliphatic carbocycles. The van der Waals surface area contributed by atoms with E-state index in [2.05, 4.69) is 16.4 Å². The second kappa shape index (κ2) is 6.84. The average Bonchev–Trinajstić information content (AvgIpc) is 2.70. The third-order valence-electron chi connectivity index (χ3n) is 2.71.